The molecule has 0 unspecified atom stereocenters. The van der Waals surface area contributed by atoms with E-state index in [4.69, 9.17) is 11.6 Å². The second-order valence-corrected chi connectivity index (χ2v) is 3.91. The number of anilines is 1. The Hall–Kier alpha value is -1.89. The third-order valence-electron chi connectivity index (χ3n) is 2.26. The number of aromatic nitrogens is 1. The highest BCUT2D eigenvalue weighted by Crippen LogP contribution is 2.26. The van der Waals surface area contributed by atoms with Crippen LogP contribution in [0.4, 0.5) is 11.5 Å². The molecule has 18 heavy (non-hydrogen) atoms. The van der Waals surface area contributed by atoms with Gasteiger partial charge in [-0.2, -0.15) is 0 Å². The number of esters is 1. The summed E-state index contributed by atoms with van der Waals surface area (Å²) in [6.45, 7) is 0.358. The zero-order valence-corrected chi connectivity index (χ0v) is 10.7. The predicted molar refractivity (Wildman–Crippen MR) is 65.8 cm³/mol. The topological polar surface area (TPSA) is 85.6 Å². The van der Waals surface area contributed by atoms with E-state index in [2.05, 4.69) is 9.72 Å². The number of hydrogen-bond donors (Lipinski definition) is 0. The number of rotatable bonds is 5. The summed E-state index contributed by atoms with van der Waals surface area (Å²) in [4.78, 5) is 26.5. The first-order chi connectivity index (χ1) is 8.45. The molecule has 0 saturated heterocycles. The quantitative estimate of drug-likeness (QED) is 0.460. The van der Waals surface area contributed by atoms with E-state index in [0.717, 1.165) is 6.20 Å². The first-order valence-corrected chi connectivity index (χ1v) is 5.41. The average molecular weight is 274 g/mol. The summed E-state index contributed by atoms with van der Waals surface area (Å²) in [6, 6.07) is 1.22. The Labute approximate surface area is 108 Å². The summed E-state index contributed by atoms with van der Waals surface area (Å²) < 4.78 is 4.51. The summed E-state index contributed by atoms with van der Waals surface area (Å²) in [5.74, 6) is 0.0334. The molecule has 0 aliphatic carbocycles. The van der Waals surface area contributed by atoms with Crippen molar-refractivity contribution in [3.8, 4) is 0 Å². The van der Waals surface area contributed by atoms with Crippen LogP contribution in [0.25, 0.3) is 0 Å². The maximum absolute atomic E-state index is 11.0. The largest absolute Gasteiger partial charge is 0.469 e. The van der Waals surface area contributed by atoms with Crippen molar-refractivity contribution in [1.29, 1.82) is 0 Å². The van der Waals surface area contributed by atoms with Gasteiger partial charge in [-0.05, 0) is 0 Å². The lowest BCUT2D eigenvalue weighted by Gasteiger charge is -2.18. The summed E-state index contributed by atoms with van der Waals surface area (Å²) in [6.07, 6.45) is 1.30. The molecule has 0 aliphatic heterocycles. The van der Waals surface area contributed by atoms with Crippen LogP contribution in [0.15, 0.2) is 12.3 Å². The van der Waals surface area contributed by atoms with Crippen LogP contribution in [-0.2, 0) is 9.53 Å². The molecular formula is C10H12ClN3O4. The number of nitrogens with zero attached hydrogens (tertiary/aromatic N) is 3. The highest BCUT2D eigenvalue weighted by atomic mass is 35.5. The lowest BCUT2D eigenvalue weighted by Crippen LogP contribution is -2.22. The number of carbonyl (C=O) groups excluding carboxylic acids is 1. The summed E-state index contributed by atoms with van der Waals surface area (Å²) >= 11 is 5.89. The van der Waals surface area contributed by atoms with Crippen LogP contribution >= 0.6 is 11.6 Å². The summed E-state index contributed by atoms with van der Waals surface area (Å²) in [7, 11) is 2.99. The zero-order chi connectivity index (χ0) is 13.7. The van der Waals surface area contributed by atoms with E-state index >= 15 is 0 Å². The number of hydrogen-bond acceptors (Lipinski definition) is 6. The molecule has 98 valence electrons. The first kappa shape index (κ1) is 14.2. The molecule has 7 nitrogen and oxygen atoms in total. The molecule has 1 aromatic heterocycles. The van der Waals surface area contributed by atoms with E-state index in [1.807, 2.05) is 0 Å². The fraction of sp³-hybridized carbons (Fsp3) is 0.400. The van der Waals surface area contributed by atoms with Crippen LogP contribution in [0.2, 0.25) is 5.02 Å². The SMILES string of the molecule is COC(=O)CCN(C)c1ncc([N+](=O)[O-])cc1Cl. The van der Waals surface area contributed by atoms with Crippen molar-refractivity contribution >= 4 is 29.1 Å². The Bertz CT molecular complexity index is 466. The minimum absolute atomic E-state index is 0.163. The summed E-state index contributed by atoms with van der Waals surface area (Å²) in [5.41, 5.74) is -0.176. The summed E-state index contributed by atoms with van der Waals surface area (Å²) in [5, 5.41) is 10.7. The van der Waals surface area contributed by atoms with Crippen molar-refractivity contribution in [3.63, 3.8) is 0 Å². The van der Waals surface area contributed by atoms with Crippen molar-refractivity contribution in [1.82, 2.24) is 4.98 Å². The van der Waals surface area contributed by atoms with Gasteiger partial charge in [-0.15, -0.1) is 0 Å². The molecule has 1 aromatic rings. The van der Waals surface area contributed by atoms with E-state index in [0.29, 0.717) is 12.4 Å². The van der Waals surface area contributed by atoms with Crippen LogP contribution in [-0.4, -0.2) is 36.6 Å². The molecule has 1 rings (SSSR count). The van der Waals surface area contributed by atoms with Crippen molar-refractivity contribution in [2.75, 3.05) is 25.6 Å². The fourth-order valence-electron chi connectivity index (χ4n) is 1.27. The van der Waals surface area contributed by atoms with Gasteiger partial charge in [0.15, 0.2) is 0 Å². The molecule has 0 fully saturated rings. The maximum atomic E-state index is 11.0. The fourth-order valence-corrected chi connectivity index (χ4v) is 1.57. The van der Waals surface area contributed by atoms with Gasteiger partial charge < -0.3 is 9.64 Å². The second kappa shape index (κ2) is 6.15. The van der Waals surface area contributed by atoms with Gasteiger partial charge in [-0.3, -0.25) is 14.9 Å². The Balaban J connectivity index is 2.77. The number of carbonyl (C=O) groups is 1. The number of halogens is 1. The monoisotopic (exact) mass is 273 g/mol. The molecular weight excluding hydrogens is 262 g/mol. The van der Waals surface area contributed by atoms with E-state index in [9.17, 15) is 14.9 Å². The van der Waals surface area contributed by atoms with Crippen LogP contribution in [0, 0.1) is 10.1 Å². The van der Waals surface area contributed by atoms with Crippen LogP contribution in [0.1, 0.15) is 6.42 Å². The molecule has 0 bridgehead atoms. The van der Waals surface area contributed by atoms with Crippen molar-refractivity contribution in [2.45, 2.75) is 6.42 Å². The molecule has 0 atom stereocenters. The Morgan fingerprint density at radius 2 is 2.33 bits per heavy atom. The van der Waals surface area contributed by atoms with E-state index in [1.165, 1.54) is 13.2 Å². The van der Waals surface area contributed by atoms with Gasteiger partial charge in [0, 0.05) is 19.7 Å². The molecule has 0 aromatic carbocycles. The molecule has 1 heterocycles. The van der Waals surface area contributed by atoms with Crippen molar-refractivity contribution in [3.05, 3.63) is 27.4 Å². The van der Waals surface area contributed by atoms with E-state index < -0.39 is 4.92 Å². The molecule has 8 heteroatoms. The van der Waals surface area contributed by atoms with Gasteiger partial charge >= 0.3 is 5.97 Å². The molecule has 0 aliphatic rings. The van der Waals surface area contributed by atoms with Gasteiger partial charge in [0.2, 0.25) is 0 Å². The van der Waals surface area contributed by atoms with Gasteiger partial charge in [-0.25, -0.2) is 4.98 Å². The lowest BCUT2D eigenvalue weighted by molar-refractivity contribution is -0.385. The normalized spacial score (nSPS) is 9.94. The zero-order valence-electron chi connectivity index (χ0n) is 9.92. The van der Waals surface area contributed by atoms with Gasteiger partial charge in [0.05, 0.1) is 23.5 Å². The average Bonchev–Trinajstić information content (AvgIpc) is 2.35. The smallest absolute Gasteiger partial charge is 0.307 e. The van der Waals surface area contributed by atoms with Crippen LogP contribution < -0.4 is 4.90 Å². The second-order valence-electron chi connectivity index (χ2n) is 3.50. The third kappa shape index (κ3) is 3.56. The van der Waals surface area contributed by atoms with Crippen molar-refractivity contribution in [2.24, 2.45) is 0 Å². The predicted octanol–water partition coefficient (Wildman–Crippen LogP) is 1.64. The Morgan fingerprint density at radius 1 is 1.67 bits per heavy atom. The standard InChI is InChI=1S/C10H12ClN3O4/c1-13(4-3-9(15)18-2)10-8(11)5-7(6-12-10)14(16)17/h5-6H,3-4H2,1-2H3. The number of nitro groups is 1. The number of pyridine rings is 1. The minimum atomic E-state index is -0.572. The Kier molecular flexibility index (Phi) is 4.85. The van der Waals surface area contributed by atoms with Gasteiger partial charge in [0.1, 0.15) is 12.0 Å². The number of methoxy groups -OCH3 is 1. The third-order valence-corrected chi connectivity index (χ3v) is 2.54. The lowest BCUT2D eigenvalue weighted by atomic mass is 10.3. The van der Waals surface area contributed by atoms with E-state index in [1.54, 1.807) is 11.9 Å². The maximum Gasteiger partial charge on any atom is 0.307 e. The molecule has 0 spiro atoms. The first-order valence-electron chi connectivity index (χ1n) is 5.03. The Morgan fingerprint density at radius 3 is 2.83 bits per heavy atom. The van der Waals surface area contributed by atoms with Crippen LogP contribution in [0.5, 0.6) is 0 Å². The highest BCUT2D eigenvalue weighted by Gasteiger charge is 2.14. The minimum Gasteiger partial charge on any atom is -0.469 e. The van der Waals surface area contributed by atoms with Crippen LogP contribution in [0.3, 0.4) is 0 Å². The molecule has 0 saturated carbocycles. The molecule has 0 radical (unpaired) electrons. The highest BCUT2D eigenvalue weighted by molar-refractivity contribution is 6.33. The van der Waals surface area contributed by atoms with Crippen molar-refractivity contribution < 1.29 is 14.5 Å². The van der Waals surface area contributed by atoms with Gasteiger partial charge in [0.25, 0.3) is 5.69 Å². The van der Waals surface area contributed by atoms with E-state index in [-0.39, 0.29) is 23.1 Å². The number of ether oxygens (including phenoxy) is 1. The molecule has 0 N–H and O–H groups in total. The van der Waals surface area contributed by atoms with Gasteiger partial charge in [-0.1, -0.05) is 11.6 Å². The molecule has 0 amide bonds.